The van der Waals surface area contributed by atoms with Gasteiger partial charge in [-0.15, -0.1) is 0 Å². The summed E-state index contributed by atoms with van der Waals surface area (Å²) in [6, 6.07) is 15.8. The minimum absolute atomic E-state index is 0.00774. The lowest BCUT2D eigenvalue weighted by molar-refractivity contribution is -0.384. The maximum absolute atomic E-state index is 12.8. The van der Waals surface area contributed by atoms with E-state index < -0.39 is 0 Å². The van der Waals surface area contributed by atoms with Gasteiger partial charge in [0.05, 0.1) is 23.4 Å². The summed E-state index contributed by atoms with van der Waals surface area (Å²) in [5, 5.41) is 11.2. The topological polar surface area (TPSA) is 80.8 Å². The third-order valence-corrected chi connectivity index (χ3v) is 5.30. The molecule has 2 aromatic carbocycles. The molecule has 0 atom stereocenters. The van der Waals surface area contributed by atoms with Gasteiger partial charge in [-0.05, 0) is 42.5 Å². The predicted octanol–water partition coefficient (Wildman–Crippen LogP) is 3.36. The molecule has 0 saturated carbocycles. The number of amides is 1. The molecule has 1 aliphatic rings. The largest absolute Gasteiger partial charge is 0.497 e. The van der Waals surface area contributed by atoms with Gasteiger partial charge in [0, 0.05) is 56.3 Å². The number of nitrogens with zero attached hydrogens (tertiary/aromatic N) is 4. The number of piperazine rings is 1. The van der Waals surface area contributed by atoms with Gasteiger partial charge in [0.1, 0.15) is 5.75 Å². The molecule has 0 N–H and O–H groups in total. The van der Waals surface area contributed by atoms with E-state index in [0.717, 1.165) is 11.4 Å². The maximum Gasteiger partial charge on any atom is 0.271 e. The van der Waals surface area contributed by atoms with Crippen LogP contribution < -0.4 is 9.64 Å². The van der Waals surface area contributed by atoms with Gasteiger partial charge < -0.3 is 19.1 Å². The standard InChI is InChI=1S/C22H22N4O4/c1-30-19-7-4-17(5-8-19)22(27)25-14-12-24(13-15-25)20-9-6-18(26(28)29)16-21(20)23-10-2-3-11-23/h2-11,16H,12-15H2,1H3. The molecule has 1 fully saturated rings. The molecule has 3 aromatic rings. The summed E-state index contributed by atoms with van der Waals surface area (Å²) in [4.78, 5) is 27.6. The second-order valence-electron chi connectivity index (χ2n) is 7.03. The third kappa shape index (κ3) is 3.84. The van der Waals surface area contributed by atoms with Crippen molar-refractivity contribution in [2.75, 3.05) is 38.2 Å². The van der Waals surface area contributed by atoms with Gasteiger partial charge in [-0.1, -0.05) is 0 Å². The zero-order valence-corrected chi connectivity index (χ0v) is 16.6. The average Bonchev–Trinajstić information content (AvgIpc) is 3.33. The van der Waals surface area contributed by atoms with Crippen molar-refractivity contribution in [2.45, 2.75) is 0 Å². The molecule has 8 heteroatoms. The number of hydrogen-bond acceptors (Lipinski definition) is 5. The van der Waals surface area contributed by atoms with Crippen molar-refractivity contribution in [3.05, 3.63) is 82.7 Å². The highest BCUT2D eigenvalue weighted by Gasteiger charge is 2.24. The second-order valence-corrected chi connectivity index (χ2v) is 7.03. The molecule has 0 unspecified atom stereocenters. The van der Waals surface area contributed by atoms with E-state index >= 15 is 0 Å². The van der Waals surface area contributed by atoms with Crippen LogP contribution in [0.2, 0.25) is 0 Å². The zero-order valence-electron chi connectivity index (χ0n) is 16.6. The van der Waals surface area contributed by atoms with Gasteiger partial charge in [0.15, 0.2) is 0 Å². The Balaban J connectivity index is 1.51. The van der Waals surface area contributed by atoms with Crippen molar-refractivity contribution >= 4 is 17.3 Å². The van der Waals surface area contributed by atoms with Crippen LogP contribution in [-0.4, -0.2) is 53.6 Å². The van der Waals surface area contributed by atoms with Crippen LogP contribution in [0.1, 0.15) is 10.4 Å². The molecule has 8 nitrogen and oxygen atoms in total. The Morgan fingerprint density at radius 3 is 2.23 bits per heavy atom. The summed E-state index contributed by atoms with van der Waals surface area (Å²) in [5.74, 6) is 0.707. The molecular weight excluding hydrogens is 384 g/mol. The SMILES string of the molecule is COc1ccc(C(=O)N2CCN(c3ccc([N+](=O)[O-])cc3-n3cccc3)CC2)cc1. The van der Waals surface area contributed by atoms with Gasteiger partial charge >= 0.3 is 0 Å². The van der Waals surface area contributed by atoms with Gasteiger partial charge in [-0.2, -0.15) is 0 Å². The number of nitro groups is 1. The summed E-state index contributed by atoms with van der Waals surface area (Å²) in [7, 11) is 1.59. The number of anilines is 1. The molecule has 1 amide bonds. The number of carbonyl (C=O) groups excluding carboxylic acids is 1. The van der Waals surface area contributed by atoms with Crippen molar-refractivity contribution in [2.24, 2.45) is 0 Å². The number of methoxy groups -OCH3 is 1. The highest BCUT2D eigenvalue weighted by Crippen LogP contribution is 2.30. The first-order valence-corrected chi connectivity index (χ1v) is 9.67. The summed E-state index contributed by atoms with van der Waals surface area (Å²) >= 11 is 0. The Kier molecular flexibility index (Phi) is 5.38. The normalized spacial score (nSPS) is 13.9. The molecule has 2 heterocycles. The van der Waals surface area contributed by atoms with Crippen molar-refractivity contribution in [3.63, 3.8) is 0 Å². The predicted molar refractivity (Wildman–Crippen MR) is 114 cm³/mol. The van der Waals surface area contributed by atoms with E-state index in [1.165, 1.54) is 6.07 Å². The fourth-order valence-electron chi connectivity index (χ4n) is 3.66. The quantitative estimate of drug-likeness (QED) is 0.479. The zero-order chi connectivity index (χ0) is 21.1. The lowest BCUT2D eigenvalue weighted by Gasteiger charge is -2.37. The summed E-state index contributed by atoms with van der Waals surface area (Å²) in [6.45, 7) is 2.45. The number of hydrogen-bond donors (Lipinski definition) is 0. The monoisotopic (exact) mass is 406 g/mol. The Labute approximate surface area is 174 Å². The van der Waals surface area contributed by atoms with Crippen molar-refractivity contribution < 1.29 is 14.5 Å². The van der Waals surface area contributed by atoms with Gasteiger partial charge in [-0.3, -0.25) is 14.9 Å². The molecule has 30 heavy (non-hydrogen) atoms. The molecule has 1 aliphatic heterocycles. The van der Waals surface area contributed by atoms with Crippen LogP contribution in [-0.2, 0) is 0 Å². The Hall–Kier alpha value is -3.81. The van der Waals surface area contributed by atoms with Crippen LogP contribution >= 0.6 is 0 Å². The van der Waals surface area contributed by atoms with E-state index in [-0.39, 0.29) is 16.5 Å². The highest BCUT2D eigenvalue weighted by atomic mass is 16.6. The molecule has 1 saturated heterocycles. The number of rotatable bonds is 5. The van der Waals surface area contributed by atoms with Crippen LogP contribution in [0.15, 0.2) is 67.0 Å². The molecule has 0 spiro atoms. The smallest absolute Gasteiger partial charge is 0.271 e. The molecule has 0 bridgehead atoms. The summed E-state index contributed by atoms with van der Waals surface area (Å²) < 4.78 is 7.02. The fraction of sp³-hybridized carbons (Fsp3) is 0.227. The molecule has 0 aliphatic carbocycles. The molecule has 1 aromatic heterocycles. The first-order chi connectivity index (χ1) is 14.6. The third-order valence-electron chi connectivity index (χ3n) is 5.30. The number of non-ortho nitro benzene ring substituents is 1. The molecule has 154 valence electrons. The number of benzene rings is 2. The Morgan fingerprint density at radius 1 is 0.967 bits per heavy atom. The highest BCUT2D eigenvalue weighted by molar-refractivity contribution is 5.94. The van der Waals surface area contributed by atoms with Crippen LogP contribution in [0.4, 0.5) is 11.4 Å². The van der Waals surface area contributed by atoms with E-state index in [9.17, 15) is 14.9 Å². The van der Waals surface area contributed by atoms with Crippen molar-refractivity contribution in [1.82, 2.24) is 9.47 Å². The van der Waals surface area contributed by atoms with Gasteiger partial charge in [-0.25, -0.2) is 0 Å². The van der Waals surface area contributed by atoms with E-state index in [2.05, 4.69) is 4.90 Å². The van der Waals surface area contributed by atoms with Crippen LogP contribution in [0, 0.1) is 10.1 Å². The Morgan fingerprint density at radius 2 is 1.63 bits per heavy atom. The van der Waals surface area contributed by atoms with Gasteiger partial charge in [0.2, 0.25) is 0 Å². The van der Waals surface area contributed by atoms with E-state index in [0.29, 0.717) is 37.5 Å². The van der Waals surface area contributed by atoms with Gasteiger partial charge in [0.25, 0.3) is 11.6 Å². The first-order valence-electron chi connectivity index (χ1n) is 9.67. The summed E-state index contributed by atoms with van der Waals surface area (Å²) in [6.07, 6.45) is 3.73. The minimum atomic E-state index is -0.387. The number of nitro benzene ring substituents is 1. The lowest BCUT2D eigenvalue weighted by Crippen LogP contribution is -2.49. The summed E-state index contributed by atoms with van der Waals surface area (Å²) in [5.41, 5.74) is 2.35. The number of aromatic nitrogens is 1. The second kappa shape index (κ2) is 8.28. The maximum atomic E-state index is 12.8. The van der Waals surface area contributed by atoms with E-state index in [1.54, 1.807) is 43.5 Å². The fourth-order valence-corrected chi connectivity index (χ4v) is 3.66. The molecule has 0 radical (unpaired) electrons. The van der Waals surface area contributed by atoms with Crippen molar-refractivity contribution in [1.29, 1.82) is 0 Å². The first kappa shape index (κ1) is 19.5. The lowest BCUT2D eigenvalue weighted by atomic mass is 10.1. The number of ether oxygens (including phenoxy) is 1. The van der Waals surface area contributed by atoms with Crippen molar-refractivity contribution in [3.8, 4) is 11.4 Å². The van der Waals surface area contributed by atoms with Crippen LogP contribution in [0.25, 0.3) is 5.69 Å². The Bertz CT molecular complexity index is 1040. The van der Waals surface area contributed by atoms with E-state index in [1.807, 2.05) is 34.0 Å². The number of carbonyl (C=O) groups is 1. The average molecular weight is 406 g/mol. The van der Waals surface area contributed by atoms with Crippen LogP contribution in [0.3, 0.4) is 0 Å². The minimum Gasteiger partial charge on any atom is -0.497 e. The molecular formula is C22H22N4O4. The van der Waals surface area contributed by atoms with Crippen LogP contribution in [0.5, 0.6) is 5.75 Å². The molecule has 4 rings (SSSR count). The van der Waals surface area contributed by atoms with E-state index in [4.69, 9.17) is 4.74 Å².